The van der Waals surface area contributed by atoms with Crippen LogP contribution in [0.2, 0.25) is 0 Å². The first kappa shape index (κ1) is 14.6. The smallest absolute Gasteiger partial charge is 0.307 e. The van der Waals surface area contributed by atoms with Gasteiger partial charge in [0.05, 0.1) is 11.8 Å². The molecule has 5 nitrogen and oxygen atoms in total. The second-order valence-electron chi connectivity index (χ2n) is 6.85. The van der Waals surface area contributed by atoms with Crippen LogP contribution in [0.3, 0.4) is 0 Å². The highest BCUT2D eigenvalue weighted by atomic mass is 16.4. The Morgan fingerprint density at radius 3 is 2.67 bits per heavy atom. The van der Waals surface area contributed by atoms with Gasteiger partial charge >= 0.3 is 5.97 Å². The van der Waals surface area contributed by atoms with E-state index in [2.05, 4.69) is 17.3 Å². The van der Waals surface area contributed by atoms with E-state index in [4.69, 9.17) is 0 Å². The number of hydrogen-bond donors (Lipinski definition) is 2. The van der Waals surface area contributed by atoms with Crippen LogP contribution >= 0.6 is 0 Å². The molecule has 0 aromatic carbocycles. The lowest BCUT2D eigenvalue weighted by molar-refractivity contribution is -0.147. The van der Waals surface area contributed by atoms with Crippen molar-refractivity contribution in [2.24, 2.45) is 29.6 Å². The molecule has 5 atom stereocenters. The summed E-state index contributed by atoms with van der Waals surface area (Å²) in [5.41, 5.74) is 0. The monoisotopic (exact) mass is 292 g/mol. The first-order valence-electron chi connectivity index (χ1n) is 7.93. The van der Waals surface area contributed by atoms with Gasteiger partial charge in [0.25, 0.3) is 0 Å². The van der Waals surface area contributed by atoms with E-state index < -0.39 is 11.9 Å². The van der Waals surface area contributed by atoms with Crippen molar-refractivity contribution in [1.82, 2.24) is 10.2 Å². The van der Waals surface area contributed by atoms with Crippen LogP contribution in [0.25, 0.3) is 0 Å². The highest BCUT2D eigenvalue weighted by molar-refractivity contribution is 5.86. The maximum absolute atomic E-state index is 12.5. The zero-order chi connectivity index (χ0) is 15.0. The zero-order valence-electron chi connectivity index (χ0n) is 12.5. The summed E-state index contributed by atoms with van der Waals surface area (Å²) >= 11 is 0. The van der Waals surface area contributed by atoms with Crippen LogP contribution in [0.1, 0.15) is 19.3 Å². The molecule has 2 fully saturated rings. The van der Waals surface area contributed by atoms with Crippen molar-refractivity contribution in [2.75, 3.05) is 26.7 Å². The summed E-state index contributed by atoms with van der Waals surface area (Å²) < 4.78 is 0. The topological polar surface area (TPSA) is 69.6 Å². The third-order valence-electron chi connectivity index (χ3n) is 5.33. The van der Waals surface area contributed by atoms with Crippen molar-refractivity contribution in [3.63, 3.8) is 0 Å². The second kappa shape index (κ2) is 5.79. The summed E-state index contributed by atoms with van der Waals surface area (Å²) in [5.74, 6) is -1.15. The standard InChI is InChI=1S/C16H24N2O3/c1-18-6-2-3-10(9-18)8-17-15(19)13-11-4-5-12(7-11)14(13)16(20)21/h4-5,10-14H,2-3,6-9H2,1H3,(H,17,19)(H,20,21)/t10?,11?,12?,13-,14+/m0/s1. The average Bonchev–Trinajstić information content (AvgIpc) is 3.05. The van der Waals surface area contributed by atoms with Crippen LogP contribution in [0.15, 0.2) is 12.2 Å². The molecule has 1 heterocycles. The molecule has 1 amide bonds. The van der Waals surface area contributed by atoms with E-state index >= 15 is 0 Å². The van der Waals surface area contributed by atoms with Gasteiger partial charge in [-0.2, -0.15) is 0 Å². The van der Waals surface area contributed by atoms with Crippen LogP contribution in [0.5, 0.6) is 0 Å². The molecule has 3 aliphatic rings. The van der Waals surface area contributed by atoms with Crippen molar-refractivity contribution in [3.05, 3.63) is 12.2 Å². The maximum Gasteiger partial charge on any atom is 0.307 e. The molecule has 116 valence electrons. The number of likely N-dealkylation sites (tertiary alicyclic amines) is 1. The number of nitrogens with one attached hydrogen (secondary N) is 1. The number of carboxylic acid groups (broad SMARTS) is 1. The summed E-state index contributed by atoms with van der Waals surface area (Å²) in [6.45, 7) is 2.81. The lowest BCUT2D eigenvalue weighted by atomic mass is 9.82. The Morgan fingerprint density at radius 2 is 2.00 bits per heavy atom. The van der Waals surface area contributed by atoms with Crippen molar-refractivity contribution >= 4 is 11.9 Å². The molecule has 1 saturated heterocycles. The number of aliphatic carboxylic acids is 1. The van der Waals surface area contributed by atoms with Crippen LogP contribution in [-0.4, -0.2) is 48.6 Å². The number of nitrogens with zero attached hydrogens (tertiary/aromatic N) is 1. The van der Waals surface area contributed by atoms with E-state index in [1.54, 1.807) is 0 Å². The number of carbonyl (C=O) groups is 2. The quantitative estimate of drug-likeness (QED) is 0.758. The van der Waals surface area contributed by atoms with Gasteiger partial charge in [0.15, 0.2) is 0 Å². The Hall–Kier alpha value is -1.36. The first-order valence-corrected chi connectivity index (χ1v) is 7.93. The predicted octanol–water partition coefficient (Wildman–Crippen LogP) is 0.967. The van der Waals surface area contributed by atoms with E-state index in [-0.39, 0.29) is 23.7 Å². The van der Waals surface area contributed by atoms with Crippen molar-refractivity contribution in [2.45, 2.75) is 19.3 Å². The van der Waals surface area contributed by atoms with Crippen LogP contribution < -0.4 is 5.32 Å². The number of fused-ring (bicyclic) bond motifs is 2. The minimum atomic E-state index is -0.829. The van der Waals surface area contributed by atoms with Gasteiger partial charge in [-0.3, -0.25) is 9.59 Å². The maximum atomic E-state index is 12.5. The van der Waals surface area contributed by atoms with E-state index in [1.165, 1.54) is 6.42 Å². The Labute approximate surface area is 125 Å². The molecule has 3 unspecified atom stereocenters. The molecule has 2 aliphatic carbocycles. The van der Waals surface area contributed by atoms with Crippen molar-refractivity contribution in [1.29, 1.82) is 0 Å². The average molecular weight is 292 g/mol. The number of rotatable bonds is 4. The van der Waals surface area contributed by atoms with Gasteiger partial charge in [0.2, 0.25) is 5.91 Å². The molecule has 2 N–H and O–H groups in total. The Balaban J connectivity index is 1.57. The fourth-order valence-electron chi connectivity index (χ4n) is 4.32. The summed E-state index contributed by atoms with van der Waals surface area (Å²) in [7, 11) is 2.11. The van der Waals surface area contributed by atoms with Crippen LogP contribution in [-0.2, 0) is 9.59 Å². The molecule has 21 heavy (non-hydrogen) atoms. The number of carbonyl (C=O) groups excluding carboxylic acids is 1. The molecule has 1 aliphatic heterocycles. The Kier molecular flexibility index (Phi) is 4.02. The lowest BCUT2D eigenvalue weighted by Gasteiger charge is -2.30. The molecule has 0 radical (unpaired) electrons. The fourth-order valence-corrected chi connectivity index (χ4v) is 4.32. The minimum absolute atomic E-state index is 0.0454. The molecule has 3 rings (SSSR count). The highest BCUT2D eigenvalue weighted by Gasteiger charge is 2.51. The van der Waals surface area contributed by atoms with Gasteiger partial charge in [0, 0.05) is 13.1 Å². The minimum Gasteiger partial charge on any atom is -0.481 e. The van der Waals surface area contributed by atoms with E-state index in [0.29, 0.717) is 12.5 Å². The Bertz CT molecular complexity index is 462. The Morgan fingerprint density at radius 1 is 1.29 bits per heavy atom. The molecule has 0 spiro atoms. The highest BCUT2D eigenvalue weighted by Crippen LogP contribution is 2.48. The second-order valence-corrected chi connectivity index (χ2v) is 6.85. The number of amides is 1. The molecular formula is C16H24N2O3. The first-order chi connectivity index (χ1) is 10.1. The molecule has 2 bridgehead atoms. The molecule has 0 aromatic heterocycles. The lowest BCUT2D eigenvalue weighted by Crippen LogP contribution is -2.44. The number of piperidine rings is 1. The molecule has 5 heteroatoms. The SMILES string of the molecule is CN1CCCC(CNC(=O)[C@H]2C3C=CC(C3)[C@H]2C(=O)O)C1. The predicted molar refractivity (Wildman–Crippen MR) is 78.6 cm³/mol. The molecular weight excluding hydrogens is 268 g/mol. The van der Waals surface area contributed by atoms with Crippen LogP contribution in [0.4, 0.5) is 0 Å². The summed E-state index contributed by atoms with van der Waals surface area (Å²) in [4.78, 5) is 26.2. The van der Waals surface area contributed by atoms with Crippen molar-refractivity contribution < 1.29 is 14.7 Å². The summed E-state index contributed by atoms with van der Waals surface area (Å²) in [6, 6.07) is 0. The van der Waals surface area contributed by atoms with Gasteiger partial charge in [-0.05, 0) is 50.6 Å². The number of allylic oxidation sites excluding steroid dienone is 2. The third-order valence-corrected chi connectivity index (χ3v) is 5.33. The van der Waals surface area contributed by atoms with Gasteiger partial charge in [-0.1, -0.05) is 12.2 Å². The van der Waals surface area contributed by atoms with Crippen molar-refractivity contribution in [3.8, 4) is 0 Å². The largest absolute Gasteiger partial charge is 0.481 e. The number of carboxylic acids is 1. The molecule has 1 saturated carbocycles. The van der Waals surface area contributed by atoms with Gasteiger partial charge in [-0.15, -0.1) is 0 Å². The molecule has 0 aromatic rings. The van der Waals surface area contributed by atoms with E-state index in [0.717, 1.165) is 25.9 Å². The van der Waals surface area contributed by atoms with Gasteiger partial charge < -0.3 is 15.3 Å². The number of hydrogen-bond acceptors (Lipinski definition) is 3. The fraction of sp³-hybridized carbons (Fsp3) is 0.750. The summed E-state index contributed by atoms with van der Waals surface area (Å²) in [5, 5.41) is 12.4. The van der Waals surface area contributed by atoms with Crippen LogP contribution in [0, 0.1) is 29.6 Å². The zero-order valence-corrected chi connectivity index (χ0v) is 12.5. The van der Waals surface area contributed by atoms with E-state index in [9.17, 15) is 14.7 Å². The summed E-state index contributed by atoms with van der Waals surface area (Å²) in [6.07, 6.45) is 7.14. The van der Waals surface area contributed by atoms with Gasteiger partial charge in [0.1, 0.15) is 0 Å². The normalized spacial score (nSPS) is 38.6. The van der Waals surface area contributed by atoms with Gasteiger partial charge in [-0.25, -0.2) is 0 Å². The third kappa shape index (κ3) is 2.84. The van der Waals surface area contributed by atoms with E-state index in [1.807, 2.05) is 12.2 Å².